The van der Waals surface area contributed by atoms with Gasteiger partial charge in [0.1, 0.15) is 5.69 Å². The van der Waals surface area contributed by atoms with Gasteiger partial charge in [0.05, 0.1) is 0 Å². The Bertz CT molecular complexity index is 355. The maximum Gasteiger partial charge on any atom is 0.435 e. The summed E-state index contributed by atoms with van der Waals surface area (Å²) >= 11 is 16.1. The van der Waals surface area contributed by atoms with Gasteiger partial charge in [0.15, 0.2) is 5.69 Å². The fourth-order valence-electron chi connectivity index (χ4n) is 1.01. The van der Waals surface area contributed by atoms with E-state index in [1.54, 1.807) is 0 Å². The van der Waals surface area contributed by atoms with Gasteiger partial charge in [0.2, 0.25) is 3.79 Å². The maximum absolute atomic E-state index is 12.6. The van der Waals surface area contributed by atoms with Crippen molar-refractivity contribution in [2.45, 2.75) is 23.4 Å². The van der Waals surface area contributed by atoms with Crippen LogP contribution in [0, 0.1) is 0 Å². The number of aryl methyl sites for hydroxylation is 1. The Morgan fingerprint density at radius 2 is 1.80 bits per heavy atom. The molecule has 15 heavy (non-hydrogen) atoms. The van der Waals surface area contributed by atoms with Crippen molar-refractivity contribution in [2.75, 3.05) is 0 Å². The van der Waals surface area contributed by atoms with Gasteiger partial charge in [-0.1, -0.05) is 40.0 Å². The summed E-state index contributed by atoms with van der Waals surface area (Å²) < 4.78 is 36.1. The molecule has 0 unspecified atom stereocenters. The fourth-order valence-corrected chi connectivity index (χ4v) is 1.39. The van der Waals surface area contributed by atoms with Crippen LogP contribution < -0.4 is 0 Å². The van der Waals surface area contributed by atoms with E-state index < -0.39 is 21.4 Å². The molecule has 1 aromatic rings. The van der Waals surface area contributed by atoms with Gasteiger partial charge in [-0.2, -0.15) is 13.2 Å². The molecule has 0 aromatic carbocycles. The number of nitrogens with zero attached hydrogens (tertiary/aromatic N) is 3. The Balaban J connectivity index is 3.37. The zero-order valence-corrected chi connectivity index (χ0v) is 9.58. The van der Waals surface area contributed by atoms with Gasteiger partial charge in [-0.05, 0) is 6.92 Å². The second-order valence-electron chi connectivity index (χ2n) is 2.60. The van der Waals surface area contributed by atoms with Gasteiger partial charge in [0.25, 0.3) is 0 Å². The van der Waals surface area contributed by atoms with Gasteiger partial charge in [0, 0.05) is 6.54 Å². The second-order valence-corrected chi connectivity index (χ2v) is 4.88. The maximum atomic E-state index is 12.6. The molecule has 0 saturated carbocycles. The molecule has 0 aliphatic rings. The number of hydrogen-bond donors (Lipinski definition) is 0. The van der Waals surface area contributed by atoms with E-state index >= 15 is 0 Å². The van der Waals surface area contributed by atoms with Crippen LogP contribution in [0.25, 0.3) is 0 Å². The molecule has 0 aliphatic heterocycles. The van der Waals surface area contributed by atoms with E-state index in [1.165, 1.54) is 6.92 Å². The Kier molecular flexibility index (Phi) is 3.42. The highest BCUT2D eigenvalue weighted by Crippen LogP contribution is 2.43. The number of rotatable bonds is 1. The SMILES string of the molecule is CCn1nnc(C(Cl)(Cl)Cl)c1C(F)(F)F. The van der Waals surface area contributed by atoms with E-state index in [4.69, 9.17) is 34.8 Å². The number of alkyl halides is 6. The third-order valence-corrected chi connectivity index (χ3v) is 2.11. The molecule has 0 aliphatic carbocycles. The van der Waals surface area contributed by atoms with E-state index in [9.17, 15) is 13.2 Å². The van der Waals surface area contributed by atoms with E-state index in [2.05, 4.69) is 10.3 Å². The summed E-state index contributed by atoms with van der Waals surface area (Å²) in [5, 5.41) is 6.48. The largest absolute Gasteiger partial charge is 0.435 e. The lowest BCUT2D eigenvalue weighted by atomic mass is 10.3. The molecule has 0 fully saturated rings. The number of halogens is 6. The van der Waals surface area contributed by atoms with E-state index in [0.29, 0.717) is 4.68 Å². The lowest BCUT2D eigenvalue weighted by Gasteiger charge is -2.13. The Labute approximate surface area is 98.1 Å². The average Bonchev–Trinajstić information content (AvgIpc) is 2.44. The molecule has 1 heterocycles. The molecule has 0 saturated heterocycles. The topological polar surface area (TPSA) is 30.7 Å². The summed E-state index contributed by atoms with van der Waals surface area (Å²) in [5.74, 6) is 0. The lowest BCUT2D eigenvalue weighted by molar-refractivity contribution is -0.144. The van der Waals surface area contributed by atoms with Crippen molar-refractivity contribution < 1.29 is 13.2 Å². The smallest absolute Gasteiger partial charge is 0.240 e. The van der Waals surface area contributed by atoms with E-state index in [0.717, 1.165) is 0 Å². The number of hydrogen-bond acceptors (Lipinski definition) is 2. The highest BCUT2D eigenvalue weighted by Gasteiger charge is 2.44. The first kappa shape index (κ1) is 12.9. The summed E-state index contributed by atoms with van der Waals surface area (Å²) in [6, 6.07) is 0. The quantitative estimate of drug-likeness (QED) is 0.741. The summed E-state index contributed by atoms with van der Waals surface area (Å²) in [6.07, 6.45) is -4.65. The van der Waals surface area contributed by atoms with Crippen molar-refractivity contribution in [2.24, 2.45) is 0 Å². The Hall–Kier alpha value is -0.200. The predicted molar refractivity (Wildman–Crippen MR) is 49.9 cm³/mol. The van der Waals surface area contributed by atoms with Crippen LogP contribution in [0.1, 0.15) is 18.3 Å². The van der Waals surface area contributed by atoms with E-state index in [1.807, 2.05) is 0 Å². The van der Waals surface area contributed by atoms with Crippen LogP contribution in [0.2, 0.25) is 0 Å². The van der Waals surface area contributed by atoms with Gasteiger partial charge in [-0.25, -0.2) is 4.68 Å². The summed E-state index contributed by atoms with van der Waals surface area (Å²) in [4.78, 5) is 0. The average molecular weight is 282 g/mol. The molecule has 3 nitrogen and oxygen atoms in total. The molecule has 0 radical (unpaired) electrons. The molecule has 0 N–H and O–H groups in total. The minimum absolute atomic E-state index is 0.0113. The second kappa shape index (κ2) is 3.99. The Morgan fingerprint density at radius 1 is 1.27 bits per heavy atom. The lowest BCUT2D eigenvalue weighted by Crippen LogP contribution is -2.18. The summed E-state index contributed by atoms with van der Waals surface area (Å²) in [6.45, 7) is 1.47. The third kappa shape index (κ3) is 2.68. The fraction of sp³-hybridized carbons (Fsp3) is 0.667. The van der Waals surface area contributed by atoms with Crippen LogP contribution in [0.3, 0.4) is 0 Å². The Morgan fingerprint density at radius 3 is 2.13 bits per heavy atom. The first-order chi connectivity index (χ1) is 6.68. The van der Waals surface area contributed by atoms with Crippen LogP contribution >= 0.6 is 34.8 Å². The molecule has 9 heteroatoms. The first-order valence-corrected chi connectivity index (χ1v) is 4.89. The van der Waals surface area contributed by atoms with Gasteiger partial charge in [-0.15, -0.1) is 5.10 Å². The van der Waals surface area contributed by atoms with Gasteiger partial charge < -0.3 is 0 Å². The van der Waals surface area contributed by atoms with Crippen LogP contribution in [0.5, 0.6) is 0 Å². The normalized spacial score (nSPS) is 13.3. The molecule has 0 bridgehead atoms. The van der Waals surface area contributed by atoms with Crippen molar-refractivity contribution in [3.8, 4) is 0 Å². The monoisotopic (exact) mass is 281 g/mol. The van der Waals surface area contributed by atoms with Gasteiger partial charge in [-0.3, -0.25) is 0 Å². The molecular formula is C6H5Cl3F3N3. The van der Waals surface area contributed by atoms with Crippen molar-refractivity contribution in [3.63, 3.8) is 0 Å². The minimum Gasteiger partial charge on any atom is -0.240 e. The predicted octanol–water partition coefficient (Wildman–Crippen LogP) is 3.14. The molecule has 1 rings (SSSR count). The van der Waals surface area contributed by atoms with Crippen LogP contribution in [-0.4, -0.2) is 15.0 Å². The molecular weight excluding hydrogens is 277 g/mol. The van der Waals surface area contributed by atoms with Crippen molar-refractivity contribution in [1.29, 1.82) is 0 Å². The molecule has 86 valence electrons. The van der Waals surface area contributed by atoms with Crippen molar-refractivity contribution in [3.05, 3.63) is 11.4 Å². The standard InChI is InChI=1S/C6H5Cl3F3N3/c1-2-15-4(6(10,11)12)3(13-14-15)5(7,8)9/h2H2,1H3. The molecule has 1 aromatic heterocycles. The van der Waals surface area contributed by atoms with E-state index in [-0.39, 0.29) is 6.54 Å². The van der Waals surface area contributed by atoms with Crippen molar-refractivity contribution >= 4 is 34.8 Å². The van der Waals surface area contributed by atoms with Crippen LogP contribution in [-0.2, 0) is 16.5 Å². The summed E-state index contributed by atoms with van der Waals surface area (Å²) in [5.41, 5.74) is -1.84. The van der Waals surface area contributed by atoms with Crippen molar-refractivity contribution in [1.82, 2.24) is 15.0 Å². The zero-order chi connectivity index (χ0) is 11.9. The third-order valence-electron chi connectivity index (χ3n) is 1.57. The zero-order valence-electron chi connectivity index (χ0n) is 7.32. The molecule has 0 amide bonds. The summed E-state index contributed by atoms with van der Waals surface area (Å²) in [7, 11) is 0. The van der Waals surface area contributed by atoms with Crippen LogP contribution in [0.15, 0.2) is 0 Å². The highest BCUT2D eigenvalue weighted by molar-refractivity contribution is 6.66. The molecule has 0 spiro atoms. The van der Waals surface area contributed by atoms with Crippen LogP contribution in [0.4, 0.5) is 13.2 Å². The number of aromatic nitrogens is 3. The van der Waals surface area contributed by atoms with Gasteiger partial charge >= 0.3 is 6.18 Å². The molecule has 0 atom stereocenters. The first-order valence-electron chi connectivity index (χ1n) is 3.75. The minimum atomic E-state index is -4.65. The highest BCUT2D eigenvalue weighted by atomic mass is 35.6.